The maximum Gasteiger partial charge on any atom is 0.265 e. The molecule has 1 aromatic heterocycles. The Balaban J connectivity index is 1.45. The maximum absolute atomic E-state index is 12.4. The topological polar surface area (TPSA) is 61.4 Å². The number of hydrogen-bond donors (Lipinski definition) is 2. The van der Waals surface area contributed by atoms with Crippen molar-refractivity contribution < 1.29 is 9.59 Å². The molecule has 0 spiro atoms. The number of nitrogens with one attached hydrogen (secondary N) is 2. The second-order valence-corrected chi connectivity index (χ2v) is 8.13. The third kappa shape index (κ3) is 5.91. The number of hydrogen-bond acceptors (Lipinski definition) is 4. The van der Waals surface area contributed by atoms with Gasteiger partial charge < -0.3 is 15.5 Å². The zero-order valence-corrected chi connectivity index (χ0v) is 16.6. The quantitative estimate of drug-likeness (QED) is 0.761. The number of rotatable bonds is 7. The predicted octanol–water partition coefficient (Wildman–Crippen LogP) is 3.85. The zero-order valence-electron chi connectivity index (χ0n) is 15.7. The van der Waals surface area contributed by atoms with Gasteiger partial charge in [0.2, 0.25) is 0 Å². The molecule has 1 aliphatic heterocycles. The number of amides is 2. The molecule has 1 atom stereocenters. The van der Waals surface area contributed by atoms with Crippen LogP contribution in [0.2, 0.25) is 0 Å². The Morgan fingerprint density at radius 2 is 1.81 bits per heavy atom. The molecule has 1 aromatic carbocycles. The molecule has 0 bridgehead atoms. The second-order valence-electron chi connectivity index (χ2n) is 7.19. The summed E-state index contributed by atoms with van der Waals surface area (Å²) in [6.45, 7) is 6.24. The van der Waals surface area contributed by atoms with Gasteiger partial charge in [0.05, 0.1) is 4.88 Å². The van der Waals surface area contributed by atoms with Crippen LogP contribution in [-0.4, -0.2) is 42.9 Å². The van der Waals surface area contributed by atoms with Gasteiger partial charge in [-0.15, -0.1) is 11.3 Å². The number of carbonyl (C=O) groups is 2. The lowest BCUT2D eigenvalue weighted by Gasteiger charge is -2.29. The van der Waals surface area contributed by atoms with Gasteiger partial charge in [-0.1, -0.05) is 19.4 Å². The molecular formula is C21H27N3O2S. The van der Waals surface area contributed by atoms with Gasteiger partial charge in [-0.3, -0.25) is 9.59 Å². The lowest BCUT2D eigenvalue weighted by Crippen LogP contribution is -2.38. The molecule has 0 radical (unpaired) electrons. The van der Waals surface area contributed by atoms with Crippen molar-refractivity contribution in [1.82, 2.24) is 10.2 Å². The van der Waals surface area contributed by atoms with Crippen molar-refractivity contribution >= 4 is 28.8 Å². The molecule has 0 saturated carbocycles. The number of benzene rings is 1. The van der Waals surface area contributed by atoms with Crippen LogP contribution in [0.4, 0.5) is 5.69 Å². The number of anilines is 1. The van der Waals surface area contributed by atoms with Gasteiger partial charge in [0.1, 0.15) is 0 Å². The summed E-state index contributed by atoms with van der Waals surface area (Å²) in [6, 6.07) is 10.6. The molecule has 3 rings (SSSR count). The van der Waals surface area contributed by atoms with E-state index in [0.29, 0.717) is 28.6 Å². The van der Waals surface area contributed by atoms with Crippen LogP contribution in [0.1, 0.15) is 46.2 Å². The minimum atomic E-state index is -0.131. The van der Waals surface area contributed by atoms with Gasteiger partial charge in [-0.25, -0.2) is 0 Å². The van der Waals surface area contributed by atoms with Gasteiger partial charge in [-0.05, 0) is 67.6 Å². The Hall–Kier alpha value is -2.18. The smallest absolute Gasteiger partial charge is 0.265 e. The highest BCUT2D eigenvalue weighted by molar-refractivity contribution is 7.12. The van der Waals surface area contributed by atoms with Crippen LogP contribution >= 0.6 is 11.3 Å². The molecule has 27 heavy (non-hydrogen) atoms. The van der Waals surface area contributed by atoms with E-state index in [1.54, 1.807) is 30.3 Å². The van der Waals surface area contributed by atoms with Crippen molar-refractivity contribution in [2.24, 2.45) is 5.92 Å². The van der Waals surface area contributed by atoms with Crippen LogP contribution in [0, 0.1) is 5.92 Å². The number of nitrogens with zero attached hydrogens (tertiary/aromatic N) is 1. The van der Waals surface area contributed by atoms with E-state index in [2.05, 4.69) is 22.5 Å². The fraction of sp³-hybridized carbons (Fsp3) is 0.429. The Bertz CT molecular complexity index is 737. The average molecular weight is 386 g/mol. The fourth-order valence-electron chi connectivity index (χ4n) is 3.32. The number of thiophene rings is 1. The molecular weight excluding hydrogens is 358 g/mol. The van der Waals surface area contributed by atoms with Crippen molar-refractivity contribution in [1.29, 1.82) is 0 Å². The summed E-state index contributed by atoms with van der Waals surface area (Å²) in [5.74, 6) is 0.224. The minimum absolute atomic E-state index is 0.0726. The molecule has 144 valence electrons. The molecule has 1 fully saturated rings. The largest absolute Gasteiger partial charge is 0.352 e. The zero-order chi connectivity index (χ0) is 19.1. The molecule has 0 unspecified atom stereocenters. The van der Waals surface area contributed by atoms with Gasteiger partial charge >= 0.3 is 0 Å². The monoisotopic (exact) mass is 385 g/mol. The van der Waals surface area contributed by atoms with Gasteiger partial charge in [0.25, 0.3) is 11.8 Å². The highest BCUT2D eigenvalue weighted by Crippen LogP contribution is 2.15. The summed E-state index contributed by atoms with van der Waals surface area (Å²) in [7, 11) is 0. The summed E-state index contributed by atoms with van der Waals surface area (Å²) in [6.07, 6.45) is 3.91. The summed E-state index contributed by atoms with van der Waals surface area (Å²) >= 11 is 1.40. The Kier molecular flexibility index (Phi) is 7.01. The van der Waals surface area contributed by atoms with Gasteiger partial charge in [-0.2, -0.15) is 0 Å². The highest BCUT2D eigenvalue weighted by atomic mass is 32.1. The molecule has 2 aromatic rings. The van der Waals surface area contributed by atoms with Crippen molar-refractivity contribution in [3.63, 3.8) is 0 Å². The van der Waals surface area contributed by atoms with Crippen LogP contribution in [0.5, 0.6) is 0 Å². The Morgan fingerprint density at radius 1 is 1.07 bits per heavy atom. The maximum atomic E-state index is 12.4. The highest BCUT2D eigenvalue weighted by Gasteiger charge is 2.14. The first-order valence-electron chi connectivity index (χ1n) is 9.57. The van der Waals surface area contributed by atoms with E-state index < -0.39 is 0 Å². The fourth-order valence-corrected chi connectivity index (χ4v) is 3.94. The van der Waals surface area contributed by atoms with Crippen LogP contribution in [0.25, 0.3) is 0 Å². The number of likely N-dealkylation sites (tertiary alicyclic amines) is 1. The molecule has 2 N–H and O–H groups in total. The standard InChI is InChI=1S/C21H27N3O2S/c1-16(15-24-11-3-2-4-12-24)14-22-20(25)17-7-9-18(10-8-17)23-21(26)19-6-5-13-27-19/h5-10,13,16H,2-4,11-12,14-15H2,1H3,(H,22,25)(H,23,26)/t16-/m0/s1. The van der Waals surface area contributed by atoms with Crippen LogP contribution in [0.3, 0.4) is 0 Å². The average Bonchev–Trinajstić information content (AvgIpc) is 3.22. The van der Waals surface area contributed by atoms with Crippen LogP contribution < -0.4 is 10.6 Å². The molecule has 0 aliphatic carbocycles. The van der Waals surface area contributed by atoms with E-state index in [1.807, 2.05) is 11.4 Å². The van der Waals surface area contributed by atoms with Gasteiger partial charge in [0, 0.05) is 24.3 Å². The third-order valence-corrected chi connectivity index (χ3v) is 5.65. The van der Waals surface area contributed by atoms with Crippen LogP contribution in [-0.2, 0) is 0 Å². The van der Waals surface area contributed by atoms with Crippen molar-refractivity contribution in [2.75, 3.05) is 31.5 Å². The Morgan fingerprint density at radius 3 is 2.48 bits per heavy atom. The van der Waals surface area contributed by atoms with Crippen molar-refractivity contribution in [3.8, 4) is 0 Å². The summed E-state index contributed by atoms with van der Waals surface area (Å²) in [4.78, 5) is 27.6. The minimum Gasteiger partial charge on any atom is -0.352 e. The molecule has 1 aliphatic rings. The van der Waals surface area contributed by atoms with E-state index in [0.717, 1.165) is 6.54 Å². The summed E-state index contributed by atoms with van der Waals surface area (Å²) in [5.41, 5.74) is 1.29. The SMILES string of the molecule is C[C@@H](CNC(=O)c1ccc(NC(=O)c2cccs2)cc1)CN1CCCCC1. The summed E-state index contributed by atoms with van der Waals surface area (Å²) in [5, 5.41) is 7.73. The lowest BCUT2D eigenvalue weighted by atomic mass is 10.1. The van der Waals surface area contributed by atoms with Crippen molar-refractivity contribution in [3.05, 3.63) is 52.2 Å². The van der Waals surface area contributed by atoms with E-state index >= 15 is 0 Å². The van der Waals surface area contributed by atoms with E-state index in [-0.39, 0.29) is 11.8 Å². The number of piperidine rings is 1. The molecule has 5 nitrogen and oxygen atoms in total. The first kappa shape index (κ1) is 19.6. The number of carbonyl (C=O) groups excluding carboxylic acids is 2. The van der Waals surface area contributed by atoms with Gasteiger partial charge in [0.15, 0.2) is 0 Å². The van der Waals surface area contributed by atoms with Crippen LogP contribution in [0.15, 0.2) is 41.8 Å². The third-order valence-electron chi connectivity index (χ3n) is 4.78. The molecule has 2 amide bonds. The van der Waals surface area contributed by atoms with E-state index in [9.17, 15) is 9.59 Å². The first-order chi connectivity index (χ1) is 13.1. The van der Waals surface area contributed by atoms with Crippen molar-refractivity contribution in [2.45, 2.75) is 26.2 Å². The normalized spacial score (nSPS) is 15.9. The molecule has 6 heteroatoms. The van der Waals surface area contributed by atoms with E-state index in [4.69, 9.17) is 0 Å². The van der Waals surface area contributed by atoms with E-state index in [1.165, 1.54) is 43.7 Å². The Labute approximate surface area is 164 Å². The second kappa shape index (κ2) is 9.67. The first-order valence-corrected chi connectivity index (χ1v) is 10.5. The summed E-state index contributed by atoms with van der Waals surface area (Å²) < 4.78 is 0. The molecule has 1 saturated heterocycles. The predicted molar refractivity (Wildman–Crippen MR) is 111 cm³/mol. The molecule has 2 heterocycles. The lowest BCUT2D eigenvalue weighted by molar-refractivity contribution is 0.0942.